The third-order valence-electron chi connectivity index (χ3n) is 3.87. The van der Waals surface area contributed by atoms with E-state index in [0.29, 0.717) is 4.90 Å². The first-order valence-corrected chi connectivity index (χ1v) is 8.36. The van der Waals surface area contributed by atoms with Gasteiger partial charge < -0.3 is 14.4 Å². The first-order chi connectivity index (χ1) is 17.6. The van der Waals surface area contributed by atoms with E-state index in [2.05, 4.69) is 14.7 Å². The topological polar surface area (TPSA) is 64.6 Å². The summed E-state index contributed by atoms with van der Waals surface area (Å²) in [5.74, 6) is -2.56. The molecule has 2 aromatic carbocycles. The fourth-order valence-corrected chi connectivity index (χ4v) is 2.59. The molecule has 30 heavy (non-hydrogen) atoms. The number of halogens is 3. The van der Waals surface area contributed by atoms with Crippen molar-refractivity contribution < 1.29 is 38.4 Å². The van der Waals surface area contributed by atoms with Gasteiger partial charge in [0.05, 0.1) is 29.6 Å². The summed E-state index contributed by atoms with van der Waals surface area (Å²) in [6.45, 7) is -4.04. The number of ether oxygens (including phenoxy) is 2. The van der Waals surface area contributed by atoms with Crippen LogP contribution in [0.2, 0.25) is 0 Å². The Balaban J connectivity index is 1.82. The molecule has 4 rings (SSSR count). The molecule has 154 valence electrons. The van der Waals surface area contributed by atoms with Crippen molar-refractivity contribution in [2.45, 2.75) is 12.9 Å². The molecule has 0 bridgehead atoms. The van der Waals surface area contributed by atoms with Crippen LogP contribution in [0.25, 0.3) is 11.1 Å². The molecule has 0 N–H and O–H groups in total. The largest absolute Gasteiger partial charge is 0.573 e. The van der Waals surface area contributed by atoms with Crippen LogP contribution in [0.3, 0.4) is 0 Å². The highest BCUT2D eigenvalue weighted by Crippen LogP contribution is 2.31. The average Bonchev–Trinajstić information content (AvgIpc) is 2.91. The van der Waals surface area contributed by atoms with Crippen molar-refractivity contribution in [1.82, 2.24) is 14.9 Å². The van der Waals surface area contributed by atoms with Crippen molar-refractivity contribution in [1.29, 1.82) is 0 Å². The van der Waals surface area contributed by atoms with Gasteiger partial charge in [-0.1, -0.05) is 18.2 Å². The number of benzene rings is 2. The number of alkyl halides is 3. The Bertz CT molecular complexity index is 1420. The van der Waals surface area contributed by atoms with Crippen LogP contribution in [0.4, 0.5) is 13.2 Å². The van der Waals surface area contributed by atoms with Crippen molar-refractivity contribution in [3.63, 3.8) is 0 Å². The van der Waals surface area contributed by atoms with Crippen molar-refractivity contribution in [3.8, 4) is 22.6 Å². The molecule has 0 aliphatic carbocycles. The Labute approximate surface area is 181 Å². The van der Waals surface area contributed by atoms with E-state index in [-0.39, 0.29) is 17.0 Å². The second kappa shape index (κ2) is 8.02. The molecule has 0 radical (unpaired) electrons. The molecule has 1 aliphatic rings. The number of amides is 1. The summed E-state index contributed by atoms with van der Waals surface area (Å²) in [6, 6.07) is 1.66. The van der Waals surface area contributed by atoms with E-state index < -0.39 is 85.5 Å². The summed E-state index contributed by atoms with van der Waals surface area (Å²) < 4.78 is 112. The van der Waals surface area contributed by atoms with Gasteiger partial charge in [0.25, 0.3) is 5.91 Å². The van der Waals surface area contributed by atoms with Crippen LogP contribution in [-0.2, 0) is 6.54 Å². The summed E-state index contributed by atoms with van der Waals surface area (Å²) in [4.78, 5) is 21.6. The first kappa shape index (κ1) is 12.2. The van der Waals surface area contributed by atoms with E-state index >= 15 is 0 Å². The van der Waals surface area contributed by atoms with Gasteiger partial charge in [-0.25, -0.2) is 9.97 Å². The van der Waals surface area contributed by atoms with Crippen molar-refractivity contribution >= 4 is 5.91 Å². The van der Waals surface area contributed by atoms with E-state index in [9.17, 15) is 18.0 Å². The van der Waals surface area contributed by atoms with Gasteiger partial charge in [0.15, 0.2) is 0 Å². The molecule has 9 heteroatoms. The van der Waals surface area contributed by atoms with Crippen LogP contribution in [0.15, 0.2) is 60.8 Å². The standard InChI is InChI=1S/C21H16F3N3O3/c22-21(23,24)30-16-5-2-14(3-6-16)15-4-7-18-17(12-15)20(28)27(10-11-29-18)13-19-25-8-1-9-26-19/h1-9,12H,10-11,13H2/i1D,4D,7D,8D,9D,10D2,12D. The third kappa shape index (κ3) is 4.51. The molecule has 0 unspecified atom stereocenters. The first-order valence-electron chi connectivity index (χ1n) is 12.4. The average molecular weight is 423 g/mol. The zero-order valence-electron chi connectivity index (χ0n) is 22.9. The fraction of sp³-hybridized carbons (Fsp3) is 0.190. The molecule has 1 aromatic heterocycles. The Morgan fingerprint density at radius 1 is 1.17 bits per heavy atom. The molecule has 2 heterocycles. The van der Waals surface area contributed by atoms with Crippen LogP contribution in [0.5, 0.6) is 11.5 Å². The van der Waals surface area contributed by atoms with Crippen LogP contribution in [0, 0.1) is 0 Å². The quantitative estimate of drug-likeness (QED) is 0.633. The lowest BCUT2D eigenvalue weighted by Gasteiger charge is -2.19. The molecule has 0 spiro atoms. The van der Waals surface area contributed by atoms with E-state index in [1.807, 2.05) is 0 Å². The summed E-state index contributed by atoms with van der Waals surface area (Å²) in [5, 5.41) is 0. The Morgan fingerprint density at radius 2 is 1.90 bits per heavy atom. The number of carbonyl (C=O) groups excluding carboxylic acids is 1. The number of hydrogen-bond acceptors (Lipinski definition) is 5. The molecule has 1 aliphatic heterocycles. The summed E-state index contributed by atoms with van der Waals surface area (Å²) in [5.41, 5.74) is -0.847. The predicted molar refractivity (Wildman–Crippen MR) is 101 cm³/mol. The highest BCUT2D eigenvalue weighted by Gasteiger charge is 2.31. The lowest BCUT2D eigenvalue weighted by Crippen LogP contribution is -2.32. The number of aromatic nitrogens is 2. The zero-order chi connectivity index (χ0) is 28.2. The zero-order valence-corrected chi connectivity index (χ0v) is 14.9. The molecular formula is C21H16F3N3O3. The van der Waals surface area contributed by atoms with E-state index in [4.69, 9.17) is 15.7 Å². The van der Waals surface area contributed by atoms with Crippen molar-refractivity contribution in [2.24, 2.45) is 0 Å². The van der Waals surface area contributed by atoms with Gasteiger partial charge in [-0.2, -0.15) is 0 Å². The van der Waals surface area contributed by atoms with E-state index in [1.54, 1.807) is 0 Å². The highest BCUT2D eigenvalue weighted by molar-refractivity contribution is 5.98. The molecule has 0 fully saturated rings. The minimum atomic E-state index is -4.94. The van der Waals surface area contributed by atoms with Crippen LogP contribution in [0.1, 0.15) is 27.1 Å². The van der Waals surface area contributed by atoms with Crippen LogP contribution < -0.4 is 9.47 Å². The minimum absolute atomic E-state index is 0.0181. The van der Waals surface area contributed by atoms with E-state index in [1.165, 1.54) is 0 Å². The second-order valence-corrected chi connectivity index (χ2v) is 5.85. The van der Waals surface area contributed by atoms with Gasteiger partial charge in [-0.15, -0.1) is 13.2 Å². The molecule has 6 nitrogen and oxygen atoms in total. The summed E-state index contributed by atoms with van der Waals surface area (Å²) >= 11 is 0. The van der Waals surface area contributed by atoms with Gasteiger partial charge in [-0.05, 0) is 41.4 Å². The Morgan fingerprint density at radius 3 is 2.60 bits per heavy atom. The maximum atomic E-state index is 13.6. The Kier molecular flexibility index (Phi) is 3.25. The summed E-state index contributed by atoms with van der Waals surface area (Å²) in [7, 11) is 0. The lowest BCUT2D eigenvalue weighted by atomic mass is 10.0. The normalized spacial score (nSPS) is 19.4. The van der Waals surface area contributed by atoms with Crippen LogP contribution >= 0.6 is 0 Å². The van der Waals surface area contributed by atoms with E-state index in [0.717, 1.165) is 24.3 Å². The SMILES string of the molecule is [2H]c1nc(CN2C(=O)c3c([2H])c(-c4ccc(OC(F)(F)F)cc4)c([2H])c([2H])c3OCC2([2H])[2H])nc([2H])c1[2H]. The second-order valence-electron chi connectivity index (χ2n) is 5.85. The van der Waals surface area contributed by atoms with Crippen molar-refractivity contribution in [3.05, 3.63) is 72.2 Å². The van der Waals surface area contributed by atoms with Gasteiger partial charge >= 0.3 is 6.36 Å². The fourth-order valence-electron chi connectivity index (χ4n) is 2.59. The Hall–Kier alpha value is -3.62. The van der Waals surface area contributed by atoms with Gasteiger partial charge in [0.1, 0.15) is 23.9 Å². The maximum absolute atomic E-state index is 13.6. The molecule has 3 aromatic rings. The number of fused-ring (bicyclic) bond motifs is 1. The monoisotopic (exact) mass is 423 g/mol. The van der Waals surface area contributed by atoms with Crippen molar-refractivity contribution in [2.75, 3.05) is 13.1 Å². The number of carbonyl (C=O) groups is 1. The van der Waals surface area contributed by atoms with Gasteiger partial charge in [0, 0.05) is 12.3 Å². The predicted octanol–water partition coefficient (Wildman–Crippen LogP) is 4.08. The molecule has 0 saturated carbocycles. The minimum Gasteiger partial charge on any atom is -0.491 e. The number of hydrogen-bond donors (Lipinski definition) is 0. The maximum Gasteiger partial charge on any atom is 0.573 e. The van der Waals surface area contributed by atoms with Gasteiger partial charge in [0.2, 0.25) is 0 Å². The highest BCUT2D eigenvalue weighted by atomic mass is 19.4. The molecule has 0 saturated heterocycles. The third-order valence-corrected chi connectivity index (χ3v) is 3.87. The molecular weight excluding hydrogens is 399 g/mol. The molecule has 1 amide bonds. The van der Waals surface area contributed by atoms with Crippen LogP contribution in [-0.4, -0.2) is 40.2 Å². The van der Waals surface area contributed by atoms with Gasteiger partial charge in [-0.3, -0.25) is 4.79 Å². The lowest BCUT2D eigenvalue weighted by molar-refractivity contribution is -0.274. The number of rotatable bonds is 4. The summed E-state index contributed by atoms with van der Waals surface area (Å²) in [6.07, 6.45) is -6.18. The number of nitrogens with zero attached hydrogens (tertiary/aromatic N) is 3. The smallest absolute Gasteiger partial charge is 0.491 e. The molecule has 0 atom stereocenters.